The topological polar surface area (TPSA) is 112 Å². The average molecular weight is 431 g/mol. The standard InChI is InChI=1S/C25H23N2O5/c1-2-3-4-5-16-20(27-26)11-10-19-23(16)24(30)32-25(19)17-8-6-14(28)12-21(17)31-22-13-15(29)7-9-18(22)25/h6-13,26-29H,2-5H2,1H3. The molecule has 2 heterocycles. The van der Waals surface area contributed by atoms with Crippen LogP contribution in [0.1, 0.15) is 58.8 Å². The van der Waals surface area contributed by atoms with Crippen LogP contribution in [0.2, 0.25) is 0 Å². The van der Waals surface area contributed by atoms with Gasteiger partial charge >= 0.3 is 5.97 Å². The first-order valence-corrected chi connectivity index (χ1v) is 10.7. The van der Waals surface area contributed by atoms with Crippen LogP contribution in [0.25, 0.3) is 0 Å². The van der Waals surface area contributed by atoms with E-state index in [-0.39, 0.29) is 11.5 Å². The number of benzene rings is 3. The molecule has 0 unspecified atom stereocenters. The molecule has 7 nitrogen and oxygen atoms in total. The van der Waals surface area contributed by atoms with Crippen molar-refractivity contribution in [3.8, 4) is 23.0 Å². The van der Waals surface area contributed by atoms with E-state index < -0.39 is 11.6 Å². The molecule has 3 aromatic rings. The molecule has 0 saturated carbocycles. The van der Waals surface area contributed by atoms with Crippen LogP contribution in [-0.2, 0) is 16.8 Å². The Morgan fingerprint density at radius 2 is 1.56 bits per heavy atom. The highest BCUT2D eigenvalue weighted by Crippen LogP contribution is 2.57. The van der Waals surface area contributed by atoms with Gasteiger partial charge in [0.05, 0.1) is 11.3 Å². The second-order valence-corrected chi connectivity index (χ2v) is 8.13. The number of aromatic hydroxyl groups is 2. The Kier molecular flexibility index (Phi) is 4.71. The Hall–Kier alpha value is -3.71. The summed E-state index contributed by atoms with van der Waals surface area (Å²) < 4.78 is 12.1. The van der Waals surface area contributed by atoms with Crippen molar-refractivity contribution in [2.45, 2.75) is 38.2 Å². The minimum absolute atomic E-state index is 0.0149. The molecule has 7 heteroatoms. The van der Waals surface area contributed by atoms with Crippen LogP contribution in [0.3, 0.4) is 0 Å². The summed E-state index contributed by atoms with van der Waals surface area (Å²) in [6, 6.07) is 13.0. The van der Waals surface area contributed by atoms with E-state index in [4.69, 9.17) is 15.3 Å². The number of carbonyl (C=O) groups excluding carboxylic acids is 1. The predicted molar refractivity (Wildman–Crippen MR) is 118 cm³/mol. The van der Waals surface area contributed by atoms with E-state index in [9.17, 15) is 15.0 Å². The van der Waals surface area contributed by atoms with Crippen LogP contribution in [0.5, 0.6) is 23.0 Å². The van der Waals surface area contributed by atoms with Gasteiger partial charge in [0.15, 0.2) is 5.60 Å². The zero-order valence-electron chi connectivity index (χ0n) is 17.6. The fourth-order valence-electron chi connectivity index (χ4n) is 4.78. The van der Waals surface area contributed by atoms with Gasteiger partial charge in [-0.15, -0.1) is 0 Å². The Labute approximate surface area is 185 Å². The number of anilines is 1. The first kappa shape index (κ1) is 20.2. The number of hydrogen-bond donors (Lipinski definition) is 3. The smallest absolute Gasteiger partial charge is 0.340 e. The van der Waals surface area contributed by atoms with Crippen LogP contribution in [0.15, 0.2) is 48.5 Å². The molecule has 163 valence electrons. The van der Waals surface area contributed by atoms with Gasteiger partial charge < -0.3 is 25.1 Å². The second kappa shape index (κ2) is 7.46. The highest BCUT2D eigenvalue weighted by Gasteiger charge is 2.54. The Morgan fingerprint density at radius 3 is 2.16 bits per heavy atom. The molecule has 4 N–H and O–H groups in total. The van der Waals surface area contributed by atoms with Crippen molar-refractivity contribution in [1.29, 1.82) is 0 Å². The van der Waals surface area contributed by atoms with Crippen LogP contribution in [0, 0.1) is 0 Å². The number of ether oxygens (including phenoxy) is 2. The van der Waals surface area contributed by atoms with Gasteiger partial charge in [0, 0.05) is 28.8 Å². The minimum atomic E-state index is -1.28. The normalized spacial score (nSPS) is 14.9. The number of fused-ring (bicyclic) bond motifs is 6. The summed E-state index contributed by atoms with van der Waals surface area (Å²) in [5, 5.41) is 20.1. The van der Waals surface area contributed by atoms with E-state index in [2.05, 4.69) is 12.3 Å². The van der Waals surface area contributed by atoms with E-state index >= 15 is 0 Å². The molecule has 1 radical (unpaired) electrons. The maximum atomic E-state index is 13.4. The lowest BCUT2D eigenvalue weighted by Crippen LogP contribution is -2.32. The van der Waals surface area contributed by atoms with Gasteiger partial charge in [0.2, 0.25) is 0 Å². The molecule has 0 fully saturated rings. The highest BCUT2D eigenvalue weighted by molar-refractivity contribution is 6.00. The molecule has 0 saturated heterocycles. The summed E-state index contributed by atoms with van der Waals surface area (Å²) in [6.07, 6.45) is 3.59. The first-order valence-electron chi connectivity index (χ1n) is 10.7. The van der Waals surface area contributed by atoms with Crippen molar-refractivity contribution in [1.82, 2.24) is 5.84 Å². The van der Waals surface area contributed by atoms with E-state index in [1.54, 1.807) is 24.3 Å². The van der Waals surface area contributed by atoms with Crippen LogP contribution < -0.4 is 16.0 Å². The van der Waals surface area contributed by atoms with Gasteiger partial charge in [-0.05, 0) is 48.7 Å². The van der Waals surface area contributed by atoms with Crippen LogP contribution in [-0.4, -0.2) is 16.2 Å². The van der Waals surface area contributed by atoms with Crippen molar-refractivity contribution >= 4 is 11.7 Å². The fraction of sp³-hybridized carbons (Fsp3) is 0.240. The van der Waals surface area contributed by atoms with Crippen molar-refractivity contribution in [3.05, 3.63) is 76.3 Å². The summed E-state index contributed by atoms with van der Waals surface area (Å²) in [4.78, 5) is 13.4. The summed E-state index contributed by atoms with van der Waals surface area (Å²) in [6.45, 7) is 2.11. The van der Waals surface area contributed by atoms with Crippen LogP contribution >= 0.6 is 0 Å². The number of carbonyl (C=O) groups is 1. The molecule has 32 heavy (non-hydrogen) atoms. The molecule has 1 spiro atoms. The number of esters is 1. The third-order valence-electron chi connectivity index (χ3n) is 6.22. The third kappa shape index (κ3) is 2.81. The van der Waals surface area contributed by atoms with E-state index in [1.807, 2.05) is 0 Å². The second-order valence-electron chi connectivity index (χ2n) is 8.13. The molecule has 5 rings (SSSR count). The van der Waals surface area contributed by atoms with Gasteiger partial charge in [-0.2, -0.15) is 5.84 Å². The van der Waals surface area contributed by atoms with Crippen LogP contribution in [0.4, 0.5) is 5.69 Å². The molecule has 0 atom stereocenters. The molecular weight excluding hydrogens is 408 g/mol. The quantitative estimate of drug-likeness (QED) is 0.297. The summed E-state index contributed by atoms with van der Waals surface area (Å²) in [5.41, 5.74) is 4.83. The van der Waals surface area contributed by atoms with Gasteiger partial charge in [0.25, 0.3) is 0 Å². The molecule has 3 aromatic carbocycles. The van der Waals surface area contributed by atoms with Gasteiger partial charge in [-0.25, -0.2) is 4.79 Å². The zero-order valence-corrected chi connectivity index (χ0v) is 17.6. The number of phenolic OH excluding ortho intramolecular Hbond substituents is 2. The van der Waals surface area contributed by atoms with E-state index in [0.717, 1.165) is 24.8 Å². The molecule has 0 amide bonds. The number of unbranched alkanes of at least 4 members (excludes halogenated alkanes) is 2. The summed E-state index contributed by atoms with van der Waals surface area (Å²) >= 11 is 0. The maximum Gasteiger partial charge on any atom is 0.340 e. The van der Waals surface area contributed by atoms with Crippen molar-refractivity contribution < 1.29 is 24.5 Å². The molecule has 0 bridgehead atoms. The third-order valence-corrected chi connectivity index (χ3v) is 6.22. The Morgan fingerprint density at radius 1 is 0.938 bits per heavy atom. The molecule has 0 aromatic heterocycles. The molecule has 2 aliphatic rings. The molecular formula is C25H23N2O5. The van der Waals surface area contributed by atoms with Gasteiger partial charge in [0.1, 0.15) is 23.0 Å². The van der Waals surface area contributed by atoms with E-state index in [0.29, 0.717) is 45.9 Å². The molecule has 0 aliphatic carbocycles. The minimum Gasteiger partial charge on any atom is -0.508 e. The number of nitrogens with one attached hydrogen (secondary N) is 2. The lowest BCUT2D eigenvalue weighted by Gasteiger charge is -2.36. The average Bonchev–Trinajstić information content (AvgIpc) is 3.06. The monoisotopic (exact) mass is 431 g/mol. The van der Waals surface area contributed by atoms with Crippen molar-refractivity contribution in [3.63, 3.8) is 0 Å². The summed E-state index contributed by atoms with van der Waals surface area (Å²) in [7, 11) is 0. The Balaban J connectivity index is 1.80. The first-order chi connectivity index (χ1) is 15.5. The number of phenols is 2. The highest BCUT2D eigenvalue weighted by atomic mass is 16.6. The lowest BCUT2D eigenvalue weighted by atomic mass is 9.76. The van der Waals surface area contributed by atoms with Crippen molar-refractivity contribution in [2.75, 3.05) is 5.43 Å². The lowest BCUT2D eigenvalue weighted by molar-refractivity contribution is 0.0223. The number of hydrogen-bond acceptors (Lipinski definition) is 6. The zero-order chi connectivity index (χ0) is 22.5. The molecule has 2 aliphatic heterocycles. The Bertz CT molecular complexity index is 1190. The predicted octanol–water partition coefficient (Wildman–Crippen LogP) is 5.01. The van der Waals surface area contributed by atoms with Gasteiger partial charge in [-0.3, -0.25) is 0 Å². The maximum absolute atomic E-state index is 13.4. The fourth-order valence-corrected chi connectivity index (χ4v) is 4.78. The van der Waals surface area contributed by atoms with E-state index in [1.165, 1.54) is 24.3 Å². The SMILES string of the molecule is CCCCCc1c(N[NH])ccc2c1C(=O)OC21c2ccc(O)cc2Oc2cc(O)ccc21. The summed E-state index contributed by atoms with van der Waals surface area (Å²) in [5.74, 6) is 7.99. The van der Waals surface area contributed by atoms with Gasteiger partial charge in [-0.1, -0.05) is 25.8 Å². The van der Waals surface area contributed by atoms with Crippen molar-refractivity contribution in [2.24, 2.45) is 0 Å². The number of rotatable bonds is 5. The largest absolute Gasteiger partial charge is 0.508 e.